The summed E-state index contributed by atoms with van der Waals surface area (Å²) in [7, 11) is 0. The zero-order valence-corrected chi connectivity index (χ0v) is 9.46. The highest BCUT2D eigenvalue weighted by Gasteiger charge is 2.35. The largest absolute Gasteiger partial charge is 0.395 e. The van der Waals surface area contributed by atoms with Crippen molar-refractivity contribution in [2.75, 3.05) is 19.8 Å². The van der Waals surface area contributed by atoms with E-state index < -0.39 is 43.5 Å². The molecule has 0 heterocycles. The van der Waals surface area contributed by atoms with E-state index in [0.29, 0.717) is 4.90 Å². The Kier molecular flexibility index (Phi) is 7.59. The van der Waals surface area contributed by atoms with Crippen molar-refractivity contribution in [2.24, 2.45) is 0 Å². The molecule has 9 nitrogen and oxygen atoms in total. The molecule has 0 rings (SSSR count). The molecule has 0 aliphatic heterocycles. The molecule has 18 heavy (non-hydrogen) atoms. The van der Waals surface area contributed by atoms with Crippen LogP contribution in [-0.2, 0) is 9.59 Å². The second-order valence-electron chi connectivity index (χ2n) is 3.53. The maximum atomic E-state index is 11.4. The quantitative estimate of drug-likeness (QED) is 0.180. The SMILES string of the molecule is O=CN(CCO)C(O)C(=O)[C@H](O)[C@@H](O)[C@H](O)CO. The smallest absolute Gasteiger partial charge is 0.213 e. The lowest BCUT2D eigenvalue weighted by atomic mass is 10.0. The van der Waals surface area contributed by atoms with Crippen LogP contribution < -0.4 is 0 Å². The zero-order chi connectivity index (χ0) is 14.3. The number of nitrogens with zero attached hydrogens (tertiary/aromatic N) is 1. The molecule has 4 atom stereocenters. The van der Waals surface area contributed by atoms with Crippen molar-refractivity contribution >= 4 is 12.2 Å². The van der Waals surface area contributed by atoms with Gasteiger partial charge in [-0.3, -0.25) is 9.59 Å². The molecule has 0 bridgehead atoms. The fourth-order valence-corrected chi connectivity index (χ4v) is 1.15. The van der Waals surface area contributed by atoms with Crippen molar-refractivity contribution in [1.29, 1.82) is 0 Å². The highest BCUT2D eigenvalue weighted by molar-refractivity contribution is 5.88. The van der Waals surface area contributed by atoms with Crippen LogP contribution >= 0.6 is 0 Å². The first-order valence-corrected chi connectivity index (χ1v) is 5.09. The Morgan fingerprint density at radius 3 is 2.11 bits per heavy atom. The first-order valence-electron chi connectivity index (χ1n) is 5.09. The van der Waals surface area contributed by atoms with Gasteiger partial charge in [-0.25, -0.2) is 0 Å². The van der Waals surface area contributed by atoms with E-state index in [-0.39, 0.29) is 13.0 Å². The van der Waals surface area contributed by atoms with E-state index in [4.69, 9.17) is 15.3 Å². The fraction of sp³-hybridized carbons (Fsp3) is 0.778. The lowest BCUT2D eigenvalue weighted by molar-refractivity contribution is -0.160. The van der Waals surface area contributed by atoms with Crippen LogP contribution in [0.15, 0.2) is 0 Å². The number of carbonyl (C=O) groups excluding carboxylic acids is 2. The molecule has 6 N–H and O–H groups in total. The number of aliphatic hydroxyl groups excluding tert-OH is 6. The summed E-state index contributed by atoms with van der Waals surface area (Å²) in [5.74, 6) is -1.34. The molecule has 0 aliphatic rings. The first-order chi connectivity index (χ1) is 8.40. The summed E-state index contributed by atoms with van der Waals surface area (Å²) in [5, 5.41) is 54.1. The van der Waals surface area contributed by atoms with Crippen LogP contribution in [0, 0.1) is 0 Å². The normalized spacial score (nSPS) is 17.7. The summed E-state index contributed by atoms with van der Waals surface area (Å²) in [6.45, 7) is -1.75. The van der Waals surface area contributed by atoms with Crippen LogP contribution in [0.4, 0.5) is 0 Å². The van der Waals surface area contributed by atoms with Gasteiger partial charge in [-0.05, 0) is 0 Å². The van der Waals surface area contributed by atoms with E-state index >= 15 is 0 Å². The van der Waals surface area contributed by atoms with Crippen molar-refractivity contribution in [1.82, 2.24) is 4.90 Å². The average molecular weight is 267 g/mol. The molecule has 0 aromatic carbocycles. The standard InChI is InChI=1S/C9H17NO8/c11-2-1-10(4-13)9(18)8(17)7(16)6(15)5(14)3-12/h4-7,9,11-12,14-16,18H,1-3H2/t5-,6+,7-,9?/m1/s1. The number of ketones is 1. The van der Waals surface area contributed by atoms with Crippen LogP contribution in [0.25, 0.3) is 0 Å². The number of rotatable bonds is 9. The van der Waals surface area contributed by atoms with Gasteiger partial charge in [0.2, 0.25) is 12.2 Å². The molecule has 1 amide bonds. The number of hydrogen-bond donors (Lipinski definition) is 6. The van der Waals surface area contributed by atoms with Crippen molar-refractivity contribution in [3.8, 4) is 0 Å². The Morgan fingerprint density at radius 2 is 1.72 bits per heavy atom. The number of Topliss-reactive ketones (excluding diaryl/α,β-unsaturated/α-hetero) is 1. The highest BCUT2D eigenvalue weighted by Crippen LogP contribution is 2.06. The minimum absolute atomic E-state index is 0.0837. The van der Waals surface area contributed by atoms with Gasteiger partial charge in [-0.1, -0.05) is 0 Å². The summed E-state index contributed by atoms with van der Waals surface area (Å²) in [6, 6.07) is 0. The Morgan fingerprint density at radius 1 is 1.17 bits per heavy atom. The third kappa shape index (κ3) is 4.29. The Bertz CT molecular complexity index is 273. The van der Waals surface area contributed by atoms with Gasteiger partial charge in [-0.2, -0.15) is 0 Å². The third-order valence-corrected chi connectivity index (χ3v) is 2.26. The molecular formula is C9H17NO8. The molecule has 0 aromatic rings. The second-order valence-corrected chi connectivity index (χ2v) is 3.53. The van der Waals surface area contributed by atoms with Gasteiger partial charge in [0.25, 0.3) is 0 Å². The van der Waals surface area contributed by atoms with Crippen LogP contribution in [-0.4, -0.2) is 92.0 Å². The molecule has 0 spiro atoms. The predicted molar refractivity (Wildman–Crippen MR) is 56.0 cm³/mol. The number of carbonyl (C=O) groups is 2. The van der Waals surface area contributed by atoms with Gasteiger partial charge >= 0.3 is 0 Å². The molecule has 0 aliphatic carbocycles. The zero-order valence-electron chi connectivity index (χ0n) is 9.46. The minimum atomic E-state index is -2.18. The van der Waals surface area contributed by atoms with Crippen LogP contribution in [0.2, 0.25) is 0 Å². The Labute approximate surface area is 103 Å². The highest BCUT2D eigenvalue weighted by atomic mass is 16.4. The molecule has 0 saturated heterocycles. The van der Waals surface area contributed by atoms with Gasteiger partial charge in [0.1, 0.15) is 18.3 Å². The minimum Gasteiger partial charge on any atom is -0.395 e. The number of hydrogen-bond acceptors (Lipinski definition) is 8. The Balaban J connectivity index is 4.66. The molecule has 106 valence electrons. The van der Waals surface area contributed by atoms with Crippen LogP contribution in [0.3, 0.4) is 0 Å². The molecule has 9 heteroatoms. The first kappa shape index (κ1) is 16.9. The van der Waals surface area contributed by atoms with E-state index in [2.05, 4.69) is 0 Å². The maximum Gasteiger partial charge on any atom is 0.213 e. The van der Waals surface area contributed by atoms with Crippen molar-refractivity contribution < 1.29 is 40.2 Å². The van der Waals surface area contributed by atoms with Gasteiger partial charge in [-0.15, -0.1) is 0 Å². The molecule has 0 aromatic heterocycles. The Hall–Kier alpha value is -1.10. The van der Waals surface area contributed by atoms with E-state index in [1.807, 2.05) is 0 Å². The fourth-order valence-electron chi connectivity index (χ4n) is 1.15. The van der Waals surface area contributed by atoms with Crippen molar-refractivity contribution in [3.63, 3.8) is 0 Å². The number of aliphatic hydroxyl groups is 6. The molecule has 1 unspecified atom stereocenters. The second kappa shape index (κ2) is 8.08. The topological polar surface area (TPSA) is 159 Å². The number of amides is 1. The summed E-state index contributed by atoms with van der Waals surface area (Å²) in [5.41, 5.74) is 0. The summed E-state index contributed by atoms with van der Waals surface area (Å²) in [6.07, 6.45) is -7.92. The van der Waals surface area contributed by atoms with Crippen LogP contribution in [0.5, 0.6) is 0 Å². The predicted octanol–water partition coefficient (Wildman–Crippen LogP) is -4.60. The van der Waals surface area contributed by atoms with Gasteiger partial charge in [0.15, 0.2) is 6.23 Å². The average Bonchev–Trinajstić information content (AvgIpc) is 2.40. The van der Waals surface area contributed by atoms with E-state index in [9.17, 15) is 24.9 Å². The molecule has 0 fully saturated rings. The summed E-state index contributed by atoms with van der Waals surface area (Å²) >= 11 is 0. The summed E-state index contributed by atoms with van der Waals surface area (Å²) < 4.78 is 0. The van der Waals surface area contributed by atoms with Gasteiger partial charge in [0, 0.05) is 6.54 Å². The lowest BCUT2D eigenvalue weighted by Crippen LogP contribution is -2.52. The van der Waals surface area contributed by atoms with E-state index in [1.54, 1.807) is 0 Å². The van der Waals surface area contributed by atoms with Gasteiger partial charge < -0.3 is 35.5 Å². The van der Waals surface area contributed by atoms with Gasteiger partial charge in [0.05, 0.1) is 13.2 Å². The lowest BCUT2D eigenvalue weighted by Gasteiger charge is -2.26. The molecule has 0 saturated carbocycles. The summed E-state index contributed by atoms with van der Waals surface area (Å²) in [4.78, 5) is 22.4. The van der Waals surface area contributed by atoms with Crippen molar-refractivity contribution in [2.45, 2.75) is 24.5 Å². The third-order valence-electron chi connectivity index (χ3n) is 2.26. The van der Waals surface area contributed by atoms with Crippen molar-refractivity contribution in [3.05, 3.63) is 0 Å². The maximum absolute atomic E-state index is 11.4. The monoisotopic (exact) mass is 267 g/mol. The molecule has 0 radical (unpaired) electrons. The van der Waals surface area contributed by atoms with E-state index in [1.165, 1.54) is 0 Å². The molecular weight excluding hydrogens is 250 g/mol. The van der Waals surface area contributed by atoms with E-state index in [0.717, 1.165) is 0 Å². The van der Waals surface area contributed by atoms with Crippen LogP contribution in [0.1, 0.15) is 0 Å².